The van der Waals surface area contributed by atoms with E-state index in [4.69, 9.17) is 0 Å². The fraction of sp³-hybridized carbons (Fsp3) is 0.0833. The van der Waals surface area contributed by atoms with Crippen LogP contribution < -0.4 is 11.0 Å². The molecule has 0 saturated heterocycles. The SMILES string of the molecule is C/C(=N\NC(=O)c1nn(Cc2ccccc2)c(=O)c2ccccc12)c1cccc(Br)c1. The van der Waals surface area contributed by atoms with Crippen molar-refractivity contribution < 1.29 is 4.79 Å². The molecule has 4 rings (SSSR count). The molecule has 1 N–H and O–H groups in total. The van der Waals surface area contributed by atoms with E-state index in [9.17, 15) is 9.59 Å². The lowest BCUT2D eigenvalue weighted by Crippen LogP contribution is -2.29. The van der Waals surface area contributed by atoms with E-state index in [0.717, 1.165) is 15.6 Å². The fourth-order valence-corrected chi connectivity index (χ4v) is 3.63. The Bertz CT molecular complexity index is 1350. The van der Waals surface area contributed by atoms with Gasteiger partial charge < -0.3 is 0 Å². The molecule has 154 valence electrons. The van der Waals surface area contributed by atoms with Gasteiger partial charge in [0, 0.05) is 9.86 Å². The molecular formula is C24H19BrN4O2. The van der Waals surface area contributed by atoms with Crippen molar-refractivity contribution in [3.05, 3.63) is 111 Å². The van der Waals surface area contributed by atoms with Crippen molar-refractivity contribution in [2.75, 3.05) is 0 Å². The van der Waals surface area contributed by atoms with Crippen LogP contribution in [0.25, 0.3) is 10.8 Å². The molecular weight excluding hydrogens is 456 g/mol. The minimum Gasteiger partial charge on any atom is -0.267 e. The number of hydrogen-bond donors (Lipinski definition) is 1. The van der Waals surface area contributed by atoms with Crippen molar-refractivity contribution in [3.8, 4) is 0 Å². The van der Waals surface area contributed by atoms with E-state index in [1.165, 1.54) is 4.68 Å². The minimum absolute atomic E-state index is 0.150. The third-order valence-electron chi connectivity index (χ3n) is 4.83. The highest BCUT2D eigenvalue weighted by Crippen LogP contribution is 2.15. The zero-order chi connectivity index (χ0) is 21.8. The molecule has 6 nitrogen and oxygen atoms in total. The molecule has 7 heteroatoms. The molecule has 4 aromatic rings. The largest absolute Gasteiger partial charge is 0.292 e. The number of nitrogens with one attached hydrogen (secondary N) is 1. The Morgan fingerprint density at radius 3 is 2.45 bits per heavy atom. The molecule has 0 fully saturated rings. The first-order valence-corrected chi connectivity index (χ1v) is 10.5. The van der Waals surface area contributed by atoms with Gasteiger partial charge in [-0.05, 0) is 36.2 Å². The zero-order valence-electron chi connectivity index (χ0n) is 16.7. The third-order valence-corrected chi connectivity index (χ3v) is 5.32. The molecule has 1 aromatic heterocycles. The summed E-state index contributed by atoms with van der Waals surface area (Å²) in [5.41, 5.74) is 4.92. The molecule has 1 heterocycles. The summed E-state index contributed by atoms with van der Waals surface area (Å²) in [7, 11) is 0. The van der Waals surface area contributed by atoms with Crippen LogP contribution in [0.4, 0.5) is 0 Å². The standard InChI is InChI=1S/C24H19BrN4O2/c1-16(18-10-7-11-19(25)14-18)26-27-23(30)22-20-12-5-6-13-21(20)24(31)29(28-22)15-17-8-3-2-4-9-17/h2-14H,15H2,1H3,(H,27,30)/b26-16+. The molecule has 0 aliphatic carbocycles. The second kappa shape index (κ2) is 9.06. The summed E-state index contributed by atoms with van der Waals surface area (Å²) >= 11 is 3.43. The maximum Gasteiger partial charge on any atom is 0.292 e. The van der Waals surface area contributed by atoms with Gasteiger partial charge in [0.05, 0.1) is 17.6 Å². The highest BCUT2D eigenvalue weighted by atomic mass is 79.9. The number of carbonyl (C=O) groups excluding carboxylic acids is 1. The van der Waals surface area contributed by atoms with Crippen LogP contribution in [0, 0.1) is 0 Å². The normalized spacial score (nSPS) is 11.5. The summed E-state index contributed by atoms with van der Waals surface area (Å²) in [6.45, 7) is 2.08. The van der Waals surface area contributed by atoms with Crippen molar-refractivity contribution in [3.63, 3.8) is 0 Å². The average Bonchev–Trinajstić information content (AvgIpc) is 2.80. The van der Waals surface area contributed by atoms with Gasteiger partial charge in [0.25, 0.3) is 11.5 Å². The number of fused-ring (bicyclic) bond motifs is 1. The molecule has 3 aromatic carbocycles. The van der Waals surface area contributed by atoms with E-state index in [2.05, 4.69) is 31.6 Å². The van der Waals surface area contributed by atoms with E-state index in [0.29, 0.717) is 16.5 Å². The first-order valence-electron chi connectivity index (χ1n) is 9.67. The van der Waals surface area contributed by atoms with Crippen LogP contribution in [0.5, 0.6) is 0 Å². The number of nitrogens with zero attached hydrogens (tertiary/aromatic N) is 3. The fourth-order valence-electron chi connectivity index (χ4n) is 3.23. The maximum atomic E-state index is 13.0. The van der Waals surface area contributed by atoms with Crippen LogP contribution in [-0.4, -0.2) is 21.4 Å². The predicted molar refractivity (Wildman–Crippen MR) is 125 cm³/mol. The van der Waals surface area contributed by atoms with Crippen LogP contribution in [0.15, 0.2) is 93.2 Å². The highest BCUT2D eigenvalue weighted by Gasteiger charge is 2.16. The van der Waals surface area contributed by atoms with Gasteiger partial charge in [-0.25, -0.2) is 10.1 Å². The Kier molecular flexibility index (Phi) is 6.04. The lowest BCUT2D eigenvalue weighted by atomic mass is 10.1. The quantitative estimate of drug-likeness (QED) is 0.344. The van der Waals surface area contributed by atoms with Gasteiger partial charge in [-0.3, -0.25) is 9.59 Å². The van der Waals surface area contributed by atoms with Crippen molar-refractivity contribution in [2.24, 2.45) is 5.10 Å². The molecule has 0 spiro atoms. The predicted octanol–water partition coefficient (Wildman–Crippen LogP) is 4.36. The average molecular weight is 475 g/mol. The van der Waals surface area contributed by atoms with Gasteiger partial charge >= 0.3 is 0 Å². The second-order valence-electron chi connectivity index (χ2n) is 6.99. The highest BCUT2D eigenvalue weighted by molar-refractivity contribution is 9.10. The first kappa shape index (κ1) is 20.7. The van der Waals surface area contributed by atoms with Gasteiger partial charge in [0.2, 0.25) is 0 Å². The number of amides is 1. The smallest absolute Gasteiger partial charge is 0.267 e. The number of hydrogen-bond acceptors (Lipinski definition) is 4. The number of rotatable bonds is 5. The van der Waals surface area contributed by atoms with Gasteiger partial charge in [0.15, 0.2) is 5.69 Å². The molecule has 0 radical (unpaired) electrons. The lowest BCUT2D eigenvalue weighted by Gasteiger charge is -2.10. The lowest BCUT2D eigenvalue weighted by molar-refractivity contribution is 0.0949. The summed E-state index contributed by atoms with van der Waals surface area (Å²) in [6.07, 6.45) is 0. The number of aromatic nitrogens is 2. The molecule has 0 saturated carbocycles. The summed E-state index contributed by atoms with van der Waals surface area (Å²) in [5, 5.41) is 9.53. The molecule has 1 amide bonds. The topological polar surface area (TPSA) is 76.3 Å². The molecule has 31 heavy (non-hydrogen) atoms. The van der Waals surface area contributed by atoms with E-state index in [1.54, 1.807) is 24.3 Å². The van der Waals surface area contributed by atoms with Crippen LogP contribution in [-0.2, 0) is 6.54 Å². The second-order valence-corrected chi connectivity index (χ2v) is 7.91. The van der Waals surface area contributed by atoms with E-state index in [1.807, 2.05) is 61.5 Å². The van der Waals surface area contributed by atoms with E-state index in [-0.39, 0.29) is 17.8 Å². The van der Waals surface area contributed by atoms with Gasteiger partial charge in [0.1, 0.15) is 0 Å². The summed E-state index contributed by atoms with van der Waals surface area (Å²) in [4.78, 5) is 25.9. The van der Waals surface area contributed by atoms with Crippen LogP contribution in [0.3, 0.4) is 0 Å². The first-order chi connectivity index (χ1) is 15.0. The zero-order valence-corrected chi connectivity index (χ0v) is 18.3. The Morgan fingerprint density at radius 1 is 1.00 bits per heavy atom. The van der Waals surface area contributed by atoms with Gasteiger partial charge in [-0.15, -0.1) is 0 Å². The van der Waals surface area contributed by atoms with Crippen molar-refractivity contribution in [2.45, 2.75) is 13.5 Å². The summed E-state index contributed by atoms with van der Waals surface area (Å²) in [5.74, 6) is -0.479. The van der Waals surface area contributed by atoms with Gasteiger partial charge in [-0.2, -0.15) is 10.2 Å². The van der Waals surface area contributed by atoms with Crippen molar-refractivity contribution >= 4 is 38.3 Å². The summed E-state index contributed by atoms with van der Waals surface area (Å²) < 4.78 is 2.24. The summed E-state index contributed by atoms with van der Waals surface area (Å²) in [6, 6.07) is 24.1. The van der Waals surface area contributed by atoms with Crippen LogP contribution in [0.2, 0.25) is 0 Å². The minimum atomic E-state index is -0.479. The Hall–Kier alpha value is -3.58. The van der Waals surface area contributed by atoms with E-state index < -0.39 is 5.91 Å². The Labute approximate surface area is 187 Å². The number of hydrazone groups is 1. The van der Waals surface area contributed by atoms with Crippen LogP contribution >= 0.6 is 15.9 Å². The van der Waals surface area contributed by atoms with E-state index >= 15 is 0 Å². The van der Waals surface area contributed by atoms with Crippen molar-refractivity contribution in [1.82, 2.24) is 15.2 Å². The molecule has 0 unspecified atom stereocenters. The number of carbonyl (C=O) groups is 1. The monoisotopic (exact) mass is 474 g/mol. The Morgan fingerprint density at radius 2 is 1.71 bits per heavy atom. The van der Waals surface area contributed by atoms with Gasteiger partial charge in [-0.1, -0.05) is 76.6 Å². The molecule has 0 aliphatic heterocycles. The molecule has 0 atom stereocenters. The Balaban J connectivity index is 1.70. The molecule has 0 aliphatic rings. The van der Waals surface area contributed by atoms with Crippen molar-refractivity contribution in [1.29, 1.82) is 0 Å². The number of halogens is 1. The van der Waals surface area contributed by atoms with Crippen LogP contribution in [0.1, 0.15) is 28.5 Å². The third kappa shape index (κ3) is 4.62. The number of benzene rings is 3. The molecule has 0 bridgehead atoms. The maximum absolute atomic E-state index is 13.0.